The Labute approximate surface area is 119 Å². The number of hydrogen-bond acceptors (Lipinski definition) is 3. The minimum atomic E-state index is -0.0309. The molecule has 1 amide bonds. The molecule has 0 heterocycles. The van der Waals surface area contributed by atoms with Crippen LogP contribution in [0.2, 0.25) is 0 Å². The molecule has 2 rings (SSSR count). The van der Waals surface area contributed by atoms with Gasteiger partial charge in [0, 0.05) is 29.2 Å². The maximum absolute atomic E-state index is 12.6. The number of hydrogen-bond donors (Lipinski definition) is 2. The highest BCUT2D eigenvalue weighted by Crippen LogP contribution is 2.20. The minimum absolute atomic E-state index is 0.0309. The Morgan fingerprint density at radius 1 is 0.950 bits per heavy atom. The first-order valence-corrected chi connectivity index (χ1v) is 6.64. The summed E-state index contributed by atoms with van der Waals surface area (Å²) < 4.78 is 0. The Kier molecular flexibility index (Phi) is 4.25. The normalized spacial score (nSPS) is 10.2. The number of nitrogen functional groups attached to an aromatic ring is 2. The van der Waals surface area contributed by atoms with Crippen LogP contribution in [0.15, 0.2) is 48.5 Å². The molecule has 0 saturated heterocycles. The SMILES string of the molecule is CCCN(C(=O)c1ccc(N)cc1)c1ccc(N)cc1. The molecule has 0 unspecified atom stereocenters. The molecule has 4 heteroatoms. The smallest absolute Gasteiger partial charge is 0.258 e. The van der Waals surface area contributed by atoms with E-state index in [1.165, 1.54) is 0 Å². The van der Waals surface area contributed by atoms with Gasteiger partial charge in [0.2, 0.25) is 0 Å². The summed E-state index contributed by atoms with van der Waals surface area (Å²) >= 11 is 0. The predicted octanol–water partition coefficient (Wildman–Crippen LogP) is 2.91. The quantitative estimate of drug-likeness (QED) is 0.838. The van der Waals surface area contributed by atoms with Crippen LogP contribution in [-0.2, 0) is 0 Å². The first-order valence-electron chi connectivity index (χ1n) is 6.64. The summed E-state index contributed by atoms with van der Waals surface area (Å²) in [6.07, 6.45) is 0.880. The van der Waals surface area contributed by atoms with Crippen LogP contribution in [0.5, 0.6) is 0 Å². The van der Waals surface area contributed by atoms with Crippen LogP contribution in [0.4, 0.5) is 17.1 Å². The molecule has 0 atom stereocenters. The fraction of sp³-hybridized carbons (Fsp3) is 0.188. The lowest BCUT2D eigenvalue weighted by Gasteiger charge is -2.22. The topological polar surface area (TPSA) is 72.3 Å². The Morgan fingerprint density at radius 2 is 1.45 bits per heavy atom. The van der Waals surface area contributed by atoms with Crippen LogP contribution < -0.4 is 16.4 Å². The molecule has 104 valence electrons. The van der Waals surface area contributed by atoms with E-state index in [9.17, 15) is 4.79 Å². The van der Waals surface area contributed by atoms with Crippen molar-refractivity contribution < 1.29 is 4.79 Å². The van der Waals surface area contributed by atoms with Crippen LogP contribution in [0, 0.1) is 0 Å². The van der Waals surface area contributed by atoms with Crippen LogP contribution >= 0.6 is 0 Å². The standard InChI is InChI=1S/C16H19N3O/c1-2-11-19(15-9-7-14(18)8-10-15)16(20)12-3-5-13(17)6-4-12/h3-10H,2,11,17-18H2,1H3. The number of nitrogens with zero attached hydrogens (tertiary/aromatic N) is 1. The van der Waals surface area contributed by atoms with Gasteiger partial charge in [-0.15, -0.1) is 0 Å². The molecule has 0 aromatic heterocycles. The van der Waals surface area contributed by atoms with E-state index in [-0.39, 0.29) is 5.91 Å². The second-order valence-electron chi connectivity index (χ2n) is 4.67. The Morgan fingerprint density at radius 3 is 1.95 bits per heavy atom. The monoisotopic (exact) mass is 269 g/mol. The highest BCUT2D eigenvalue weighted by Gasteiger charge is 2.16. The van der Waals surface area contributed by atoms with Gasteiger partial charge in [0.1, 0.15) is 0 Å². The summed E-state index contributed by atoms with van der Waals surface area (Å²) in [5.74, 6) is -0.0309. The molecular formula is C16H19N3O. The van der Waals surface area contributed by atoms with Gasteiger partial charge in [0.15, 0.2) is 0 Å². The van der Waals surface area contributed by atoms with Crippen molar-refractivity contribution in [2.75, 3.05) is 22.9 Å². The van der Waals surface area contributed by atoms with E-state index in [0.29, 0.717) is 23.5 Å². The molecule has 0 aliphatic carbocycles. The second kappa shape index (κ2) is 6.10. The van der Waals surface area contributed by atoms with E-state index in [4.69, 9.17) is 11.5 Å². The zero-order valence-electron chi connectivity index (χ0n) is 11.5. The molecular weight excluding hydrogens is 250 g/mol. The van der Waals surface area contributed by atoms with Gasteiger partial charge in [-0.25, -0.2) is 0 Å². The van der Waals surface area contributed by atoms with Crippen LogP contribution in [-0.4, -0.2) is 12.5 Å². The largest absolute Gasteiger partial charge is 0.399 e. The summed E-state index contributed by atoms with van der Waals surface area (Å²) in [6, 6.07) is 14.3. The minimum Gasteiger partial charge on any atom is -0.399 e. The van der Waals surface area contributed by atoms with Crippen molar-refractivity contribution in [3.8, 4) is 0 Å². The first kappa shape index (κ1) is 13.9. The highest BCUT2D eigenvalue weighted by molar-refractivity contribution is 6.06. The zero-order chi connectivity index (χ0) is 14.5. The molecule has 0 bridgehead atoms. The third-order valence-corrected chi connectivity index (χ3v) is 3.05. The Balaban J connectivity index is 2.30. The number of anilines is 3. The molecule has 0 saturated carbocycles. The maximum atomic E-state index is 12.6. The van der Waals surface area contributed by atoms with E-state index < -0.39 is 0 Å². The fourth-order valence-electron chi connectivity index (χ4n) is 2.01. The third kappa shape index (κ3) is 3.09. The van der Waals surface area contributed by atoms with E-state index in [1.807, 2.05) is 19.1 Å². The molecule has 4 N–H and O–H groups in total. The lowest BCUT2D eigenvalue weighted by atomic mass is 10.1. The fourth-order valence-corrected chi connectivity index (χ4v) is 2.01. The van der Waals surface area contributed by atoms with Gasteiger partial charge in [-0.3, -0.25) is 4.79 Å². The van der Waals surface area contributed by atoms with E-state index in [2.05, 4.69) is 0 Å². The second-order valence-corrected chi connectivity index (χ2v) is 4.67. The molecule has 20 heavy (non-hydrogen) atoms. The van der Waals surface area contributed by atoms with Gasteiger partial charge in [-0.2, -0.15) is 0 Å². The van der Waals surface area contributed by atoms with E-state index >= 15 is 0 Å². The number of carbonyl (C=O) groups excluding carboxylic acids is 1. The van der Waals surface area contributed by atoms with Crippen molar-refractivity contribution in [3.63, 3.8) is 0 Å². The number of nitrogens with two attached hydrogens (primary N) is 2. The van der Waals surface area contributed by atoms with Crippen LogP contribution in [0.1, 0.15) is 23.7 Å². The Hall–Kier alpha value is -2.49. The molecule has 0 spiro atoms. The maximum Gasteiger partial charge on any atom is 0.258 e. The van der Waals surface area contributed by atoms with E-state index in [0.717, 1.165) is 12.1 Å². The zero-order valence-corrected chi connectivity index (χ0v) is 11.5. The molecule has 0 aliphatic heterocycles. The van der Waals surface area contributed by atoms with Gasteiger partial charge < -0.3 is 16.4 Å². The average molecular weight is 269 g/mol. The molecule has 2 aromatic rings. The lowest BCUT2D eigenvalue weighted by molar-refractivity contribution is 0.0987. The third-order valence-electron chi connectivity index (χ3n) is 3.05. The average Bonchev–Trinajstić information content (AvgIpc) is 2.46. The van der Waals surface area contributed by atoms with Crippen molar-refractivity contribution in [1.82, 2.24) is 0 Å². The van der Waals surface area contributed by atoms with Crippen molar-refractivity contribution >= 4 is 23.0 Å². The number of amides is 1. The van der Waals surface area contributed by atoms with Crippen LogP contribution in [0.25, 0.3) is 0 Å². The van der Waals surface area contributed by atoms with Gasteiger partial charge in [0.25, 0.3) is 5.91 Å². The van der Waals surface area contributed by atoms with Gasteiger partial charge in [0.05, 0.1) is 0 Å². The van der Waals surface area contributed by atoms with Gasteiger partial charge in [-0.1, -0.05) is 6.92 Å². The summed E-state index contributed by atoms with van der Waals surface area (Å²) in [5, 5.41) is 0. The van der Waals surface area contributed by atoms with Gasteiger partial charge >= 0.3 is 0 Å². The molecule has 0 radical (unpaired) electrons. The predicted molar refractivity (Wildman–Crippen MR) is 83.7 cm³/mol. The van der Waals surface area contributed by atoms with Crippen molar-refractivity contribution in [2.24, 2.45) is 0 Å². The van der Waals surface area contributed by atoms with Crippen molar-refractivity contribution in [3.05, 3.63) is 54.1 Å². The number of carbonyl (C=O) groups is 1. The van der Waals surface area contributed by atoms with Gasteiger partial charge in [-0.05, 0) is 55.0 Å². The molecule has 2 aromatic carbocycles. The summed E-state index contributed by atoms with van der Waals surface area (Å²) in [7, 11) is 0. The first-order chi connectivity index (χ1) is 9.61. The number of rotatable bonds is 4. The van der Waals surface area contributed by atoms with Crippen molar-refractivity contribution in [2.45, 2.75) is 13.3 Å². The molecule has 0 fully saturated rings. The molecule has 0 aliphatic rings. The summed E-state index contributed by atoms with van der Waals surface area (Å²) in [5.41, 5.74) is 14.2. The van der Waals surface area contributed by atoms with Crippen LogP contribution in [0.3, 0.4) is 0 Å². The summed E-state index contributed by atoms with van der Waals surface area (Å²) in [4.78, 5) is 14.3. The highest BCUT2D eigenvalue weighted by atomic mass is 16.2. The lowest BCUT2D eigenvalue weighted by Crippen LogP contribution is -2.31. The number of benzene rings is 2. The Bertz CT molecular complexity index is 576. The van der Waals surface area contributed by atoms with Crippen molar-refractivity contribution in [1.29, 1.82) is 0 Å². The molecule has 4 nitrogen and oxygen atoms in total. The van der Waals surface area contributed by atoms with E-state index in [1.54, 1.807) is 41.3 Å². The summed E-state index contributed by atoms with van der Waals surface area (Å²) in [6.45, 7) is 2.70.